The van der Waals surface area contributed by atoms with E-state index in [0.29, 0.717) is 12.5 Å². The minimum atomic E-state index is -4.46. The fourth-order valence-electron chi connectivity index (χ4n) is 4.30. The second-order valence-electron chi connectivity index (χ2n) is 8.25. The first kappa shape index (κ1) is 19.8. The van der Waals surface area contributed by atoms with Crippen LogP contribution in [0.4, 0.5) is 19.0 Å². The van der Waals surface area contributed by atoms with Gasteiger partial charge in [0.25, 0.3) is 5.91 Å². The molecule has 1 amide bonds. The van der Waals surface area contributed by atoms with Crippen LogP contribution in [-0.2, 0) is 0 Å². The highest BCUT2D eigenvalue weighted by atomic mass is 19.4. The zero-order valence-corrected chi connectivity index (χ0v) is 16.5. The lowest BCUT2D eigenvalue weighted by Crippen LogP contribution is -2.45. The molecule has 1 aromatic carbocycles. The van der Waals surface area contributed by atoms with Gasteiger partial charge >= 0.3 is 6.18 Å². The number of piperidine rings is 1. The van der Waals surface area contributed by atoms with E-state index in [2.05, 4.69) is 17.3 Å². The third kappa shape index (κ3) is 3.84. The second-order valence-corrected chi connectivity index (χ2v) is 8.25. The minimum Gasteiger partial charge on any atom is -0.363 e. The Morgan fingerprint density at radius 1 is 1.17 bits per heavy atom. The minimum absolute atomic E-state index is 0.0564. The molecule has 0 spiro atoms. The maximum atomic E-state index is 13.8. The summed E-state index contributed by atoms with van der Waals surface area (Å²) in [6, 6.07) is 8.30. The lowest BCUT2D eigenvalue weighted by molar-refractivity contribution is -0.173. The van der Waals surface area contributed by atoms with Crippen LogP contribution < -0.4 is 5.32 Å². The average molecular weight is 406 g/mol. The number of hydrogen-bond donors (Lipinski definition) is 1. The first-order chi connectivity index (χ1) is 13.7. The molecule has 2 aliphatic heterocycles. The number of rotatable bonds is 2. The van der Waals surface area contributed by atoms with E-state index in [-0.39, 0.29) is 29.9 Å². The number of benzene rings is 1. The van der Waals surface area contributed by atoms with Crippen LogP contribution in [0.1, 0.15) is 61.2 Å². The van der Waals surface area contributed by atoms with Crippen molar-refractivity contribution < 1.29 is 18.0 Å². The zero-order chi connectivity index (χ0) is 20.8. The summed E-state index contributed by atoms with van der Waals surface area (Å²) in [5.74, 6) is 0.300. The van der Waals surface area contributed by atoms with Crippen molar-refractivity contribution >= 4 is 11.7 Å². The standard InChI is InChI=1S/C21H25F3N4O/c1-13-8-9-14(2)27(12-13)20(29)17-11-19-25-16(15-6-4-3-5-7-15)10-18(21(22,23)24)28(19)26-17/h3-7,11,13-14,16,18,25H,8-10,12H2,1-2H3/t13-,14-,16-,18+/m1/s1. The molecule has 0 radical (unpaired) electrons. The molecule has 0 aliphatic carbocycles. The van der Waals surface area contributed by atoms with E-state index in [4.69, 9.17) is 0 Å². The van der Waals surface area contributed by atoms with Gasteiger partial charge in [0.15, 0.2) is 11.7 Å². The smallest absolute Gasteiger partial charge is 0.363 e. The van der Waals surface area contributed by atoms with Crippen molar-refractivity contribution in [3.63, 3.8) is 0 Å². The van der Waals surface area contributed by atoms with E-state index in [1.807, 2.05) is 13.0 Å². The summed E-state index contributed by atoms with van der Waals surface area (Å²) in [5, 5.41) is 7.25. The number of nitrogens with zero attached hydrogens (tertiary/aromatic N) is 3. The maximum Gasteiger partial charge on any atom is 0.410 e. The Bertz CT molecular complexity index is 880. The number of hydrogen-bond acceptors (Lipinski definition) is 3. The topological polar surface area (TPSA) is 50.2 Å². The first-order valence-corrected chi connectivity index (χ1v) is 10.0. The van der Waals surface area contributed by atoms with Crippen LogP contribution in [0.5, 0.6) is 0 Å². The van der Waals surface area contributed by atoms with Crippen LogP contribution in [0.3, 0.4) is 0 Å². The van der Waals surface area contributed by atoms with Gasteiger partial charge < -0.3 is 10.2 Å². The van der Waals surface area contributed by atoms with Gasteiger partial charge in [-0.05, 0) is 31.2 Å². The molecule has 29 heavy (non-hydrogen) atoms. The number of carbonyl (C=O) groups is 1. The summed E-state index contributed by atoms with van der Waals surface area (Å²) in [7, 11) is 0. The predicted molar refractivity (Wildman–Crippen MR) is 104 cm³/mol. The zero-order valence-electron chi connectivity index (χ0n) is 16.5. The quantitative estimate of drug-likeness (QED) is 0.779. The van der Waals surface area contributed by atoms with Gasteiger partial charge in [-0.2, -0.15) is 18.3 Å². The Kier molecular flexibility index (Phi) is 5.04. The molecule has 4 atom stereocenters. The van der Waals surface area contributed by atoms with Crippen LogP contribution in [0.25, 0.3) is 0 Å². The second kappa shape index (κ2) is 7.39. The van der Waals surface area contributed by atoms with Crippen molar-refractivity contribution in [1.29, 1.82) is 0 Å². The fraction of sp³-hybridized carbons (Fsp3) is 0.524. The molecule has 156 valence electrons. The van der Waals surface area contributed by atoms with Gasteiger partial charge in [-0.25, -0.2) is 4.68 Å². The number of anilines is 1. The van der Waals surface area contributed by atoms with Crippen molar-refractivity contribution in [3.05, 3.63) is 47.7 Å². The van der Waals surface area contributed by atoms with Crippen LogP contribution in [0.15, 0.2) is 36.4 Å². The predicted octanol–water partition coefficient (Wildman–Crippen LogP) is 4.80. The third-order valence-electron chi connectivity index (χ3n) is 5.99. The van der Waals surface area contributed by atoms with Crippen LogP contribution >= 0.6 is 0 Å². The maximum absolute atomic E-state index is 13.8. The molecule has 1 saturated heterocycles. The Morgan fingerprint density at radius 2 is 1.90 bits per heavy atom. The SMILES string of the molecule is C[C@@H]1CC[C@@H](C)N(C(=O)c2cc3n(n2)[C@H](C(F)(F)F)C[C@H](c2ccccc2)N3)C1. The number of aromatic nitrogens is 2. The van der Waals surface area contributed by atoms with Crippen LogP contribution in [0.2, 0.25) is 0 Å². The molecule has 0 unspecified atom stereocenters. The van der Waals surface area contributed by atoms with Crippen molar-refractivity contribution in [2.45, 2.75) is 57.4 Å². The number of halogens is 3. The molecule has 0 saturated carbocycles. The number of fused-ring (bicyclic) bond motifs is 1. The van der Waals surface area contributed by atoms with E-state index >= 15 is 0 Å². The number of likely N-dealkylation sites (tertiary alicyclic amines) is 1. The van der Waals surface area contributed by atoms with Gasteiger partial charge in [0, 0.05) is 25.1 Å². The summed E-state index contributed by atoms with van der Waals surface area (Å²) in [6.45, 7) is 4.66. The highest BCUT2D eigenvalue weighted by Crippen LogP contribution is 2.43. The van der Waals surface area contributed by atoms with E-state index in [1.165, 1.54) is 6.07 Å². The monoisotopic (exact) mass is 406 g/mol. The van der Waals surface area contributed by atoms with Crippen molar-refractivity contribution in [1.82, 2.24) is 14.7 Å². The summed E-state index contributed by atoms with van der Waals surface area (Å²) < 4.78 is 42.3. The van der Waals surface area contributed by atoms with Crippen molar-refractivity contribution in [3.8, 4) is 0 Å². The third-order valence-corrected chi connectivity index (χ3v) is 5.99. The van der Waals surface area contributed by atoms with Crippen molar-refractivity contribution in [2.75, 3.05) is 11.9 Å². The molecule has 2 aromatic rings. The van der Waals surface area contributed by atoms with Gasteiger partial charge in [-0.3, -0.25) is 4.79 Å². The van der Waals surface area contributed by atoms with E-state index in [9.17, 15) is 18.0 Å². The molecule has 0 bridgehead atoms. The number of carbonyl (C=O) groups excluding carboxylic acids is 1. The van der Waals surface area contributed by atoms with E-state index in [1.54, 1.807) is 29.2 Å². The molecular weight excluding hydrogens is 381 g/mol. The van der Waals surface area contributed by atoms with E-state index < -0.39 is 18.3 Å². The summed E-state index contributed by atoms with van der Waals surface area (Å²) in [4.78, 5) is 14.8. The van der Waals surface area contributed by atoms with Crippen molar-refractivity contribution in [2.24, 2.45) is 5.92 Å². The number of nitrogens with one attached hydrogen (secondary N) is 1. The Balaban J connectivity index is 1.66. The molecule has 5 nitrogen and oxygen atoms in total. The Labute approximate surface area is 167 Å². The summed E-state index contributed by atoms with van der Waals surface area (Å²) >= 11 is 0. The molecular formula is C21H25F3N4O. The van der Waals surface area contributed by atoms with Gasteiger partial charge in [-0.1, -0.05) is 37.3 Å². The molecule has 1 N–H and O–H groups in total. The lowest BCUT2D eigenvalue weighted by Gasteiger charge is -2.36. The average Bonchev–Trinajstić information content (AvgIpc) is 3.12. The first-order valence-electron chi connectivity index (χ1n) is 10.0. The van der Waals surface area contributed by atoms with Crippen LogP contribution in [0, 0.1) is 5.92 Å². The molecule has 4 rings (SSSR count). The molecule has 1 fully saturated rings. The highest BCUT2D eigenvalue weighted by Gasteiger charge is 2.47. The normalized spacial score (nSPS) is 27.3. The summed E-state index contributed by atoms with van der Waals surface area (Å²) in [5.41, 5.74) is 0.844. The van der Waals surface area contributed by atoms with Gasteiger partial charge in [0.1, 0.15) is 5.82 Å². The number of amides is 1. The molecule has 2 aliphatic rings. The summed E-state index contributed by atoms with van der Waals surface area (Å²) in [6.07, 6.45) is -2.70. The molecule has 3 heterocycles. The van der Waals surface area contributed by atoms with E-state index in [0.717, 1.165) is 23.1 Å². The number of alkyl halides is 3. The van der Waals surface area contributed by atoms with Gasteiger partial charge in [0.2, 0.25) is 0 Å². The molecule has 8 heteroatoms. The Morgan fingerprint density at radius 3 is 2.59 bits per heavy atom. The fourth-order valence-corrected chi connectivity index (χ4v) is 4.30. The highest BCUT2D eigenvalue weighted by molar-refractivity contribution is 5.93. The molecule has 1 aromatic heterocycles. The Hall–Kier alpha value is -2.51. The van der Waals surface area contributed by atoms with Gasteiger partial charge in [-0.15, -0.1) is 0 Å². The lowest BCUT2D eigenvalue weighted by atomic mass is 9.95. The van der Waals surface area contributed by atoms with Gasteiger partial charge in [0.05, 0.1) is 6.04 Å². The largest absolute Gasteiger partial charge is 0.410 e. The van der Waals surface area contributed by atoms with Crippen LogP contribution in [-0.4, -0.2) is 39.4 Å².